The summed E-state index contributed by atoms with van der Waals surface area (Å²) < 4.78 is 0. The largest absolute Gasteiger partial charge is 0.327 e. The Morgan fingerprint density at radius 2 is 2.20 bits per heavy atom. The SMILES string of the molecule is CC1C(=O)N(C)C(=O)N1CC1CCCN1. The van der Waals surface area contributed by atoms with Gasteiger partial charge in [-0.05, 0) is 26.3 Å². The second-order valence-electron chi connectivity index (χ2n) is 4.30. The molecule has 2 aliphatic heterocycles. The third kappa shape index (κ3) is 1.71. The second kappa shape index (κ2) is 3.81. The van der Waals surface area contributed by atoms with Crippen LogP contribution in [-0.2, 0) is 4.79 Å². The second-order valence-corrected chi connectivity index (χ2v) is 4.30. The van der Waals surface area contributed by atoms with Gasteiger partial charge < -0.3 is 10.2 Å². The van der Waals surface area contributed by atoms with Crippen molar-refractivity contribution in [2.24, 2.45) is 0 Å². The number of urea groups is 1. The van der Waals surface area contributed by atoms with Crippen molar-refractivity contribution in [1.29, 1.82) is 0 Å². The molecule has 0 radical (unpaired) electrons. The summed E-state index contributed by atoms with van der Waals surface area (Å²) in [6, 6.07) is -0.109. The van der Waals surface area contributed by atoms with Gasteiger partial charge in [0.15, 0.2) is 0 Å². The maximum Gasteiger partial charge on any atom is 0.327 e. The smallest absolute Gasteiger partial charge is 0.312 e. The number of nitrogens with one attached hydrogen (secondary N) is 1. The van der Waals surface area contributed by atoms with Crippen LogP contribution >= 0.6 is 0 Å². The fraction of sp³-hybridized carbons (Fsp3) is 0.800. The van der Waals surface area contributed by atoms with Crippen molar-refractivity contribution in [3.05, 3.63) is 0 Å². The summed E-state index contributed by atoms with van der Waals surface area (Å²) in [7, 11) is 1.54. The quantitative estimate of drug-likeness (QED) is 0.655. The fourth-order valence-corrected chi connectivity index (χ4v) is 2.25. The molecule has 2 unspecified atom stereocenters. The van der Waals surface area contributed by atoms with Crippen LogP contribution in [0.4, 0.5) is 4.79 Å². The van der Waals surface area contributed by atoms with Crippen molar-refractivity contribution in [2.45, 2.75) is 31.8 Å². The van der Waals surface area contributed by atoms with Crippen LogP contribution in [0.1, 0.15) is 19.8 Å². The predicted octanol–water partition coefficient (Wildman–Crippen LogP) is 0.0209. The third-order valence-electron chi connectivity index (χ3n) is 3.27. The molecule has 2 heterocycles. The van der Waals surface area contributed by atoms with Crippen LogP contribution in [0.2, 0.25) is 0 Å². The van der Waals surface area contributed by atoms with Gasteiger partial charge in [-0.1, -0.05) is 0 Å². The Morgan fingerprint density at radius 3 is 2.67 bits per heavy atom. The number of imide groups is 1. The summed E-state index contributed by atoms with van der Waals surface area (Å²) in [5.74, 6) is -0.0991. The van der Waals surface area contributed by atoms with E-state index in [1.165, 1.54) is 4.90 Å². The maximum absolute atomic E-state index is 11.7. The molecular formula is C10H17N3O2. The number of carbonyl (C=O) groups is 2. The zero-order valence-corrected chi connectivity index (χ0v) is 9.19. The van der Waals surface area contributed by atoms with E-state index in [-0.39, 0.29) is 18.0 Å². The highest BCUT2D eigenvalue weighted by Gasteiger charge is 2.40. The van der Waals surface area contributed by atoms with E-state index in [0.29, 0.717) is 12.6 Å². The van der Waals surface area contributed by atoms with Crippen molar-refractivity contribution >= 4 is 11.9 Å². The summed E-state index contributed by atoms with van der Waals surface area (Å²) in [5, 5.41) is 3.33. The predicted molar refractivity (Wildman–Crippen MR) is 55.4 cm³/mol. The van der Waals surface area contributed by atoms with Gasteiger partial charge in [-0.25, -0.2) is 4.79 Å². The van der Waals surface area contributed by atoms with Gasteiger partial charge in [0.1, 0.15) is 6.04 Å². The van der Waals surface area contributed by atoms with Gasteiger partial charge in [0, 0.05) is 19.6 Å². The van der Waals surface area contributed by atoms with Crippen molar-refractivity contribution in [2.75, 3.05) is 20.1 Å². The number of rotatable bonds is 2. The zero-order valence-electron chi connectivity index (χ0n) is 9.19. The van der Waals surface area contributed by atoms with E-state index in [1.807, 2.05) is 0 Å². The highest BCUT2D eigenvalue weighted by atomic mass is 16.2. The molecule has 84 valence electrons. The van der Waals surface area contributed by atoms with Gasteiger partial charge in [-0.3, -0.25) is 9.69 Å². The Bertz CT molecular complexity index is 286. The molecule has 0 aromatic rings. The van der Waals surface area contributed by atoms with Gasteiger partial charge in [0.05, 0.1) is 0 Å². The number of hydrogen-bond acceptors (Lipinski definition) is 3. The molecule has 3 amide bonds. The Balaban J connectivity index is 2.02. The monoisotopic (exact) mass is 211 g/mol. The van der Waals surface area contributed by atoms with Gasteiger partial charge in [0.2, 0.25) is 0 Å². The van der Waals surface area contributed by atoms with Crippen LogP contribution in [-0.4, -0.2) is 54.0 Å². The maximum atomic E-state index is 11.7. The molecule has 2 fully saturated rings. The van der Waals surface area contributed by atoms with Crippen LogP contribution in [0.5, 0.6) is 0 Å². The average Bonchev–Trinajstić information content (AvgIpc) is 2.79. The Labute approximate surface area is 89.4 Å². The molecule has 0 aromatic carbocycles. The molecular weight excluding hydrogens is 194 g/mol. The Kier molecular flexibility index (Phi) is 2.65. The Morgan fingerprint density at radius 1 is 1.47 bits per heavy atom. The van der Waals surface area contributed by atoms with E-state index in [2.05, 4.69) is 5.32 Å². The third-order valence-corrected chi connectivity index (χ3v) is 3.27. The van der Waals surface area contributed by atoms with E-state index < -0.39 is 0 Å². The van der Waals surface area contributed by atoms with Crippen molar-refractivity contribution < 1.29 is 9.59 Å². The zero-order chi connectivity index (χ0) is 11.0. The molecule has 2 atom stereocenters. The molecule has 15 heavy (non-hydrogen) atoms. The molecule has 0 aromatic heterocycles. The molecule has 0 bridgehead atoms. The lowest BCUT2D eigenvalue weighted by Gasteiger charge is -2.22. The van der Waals surface area contributed by atoms with Gasteiger partial charge in [0.25, 0.3) is 5.91 Å². The van der Waals surface area contributed by atoms with Gasteiger partial charge in [-0.15, -0.1) is 0 Å². The van der Waals surface area contributed by atoms with Crippen LogP contribution < -0.4 is 5.32 Å². The summed E-state index contributed by atoms with van der Waals surface area (Å²) in [4.78, 5) is 26.1. The number of likely N-dealkylation sites (N-methyl/N-ethyl adjacent to an activating group) is 1. The van der Waals surface area contributed by atoms with Crippen LogP contribution in [0, 0.1) is 0 Å². The van der Waals surface area contributed by atoms with E-state index in [9.17, 15) is 9.59 Å². The van der Waals surface area contributed by atoms with Crippen LogP contribution in [0.15, 0.2) is 0 Å². The first-order valence-electron chi connectivity index (χ1n) is 5.43. The summed E-state index contributed by atoms with van der Waals surface area (Å²) in [6.07, 6.45) is 2.25. The average molecular weight is 211 g/mol. The van der Waals surface area contributed by atoms with Crippen LogP contribution in [0.25, 0.3) is 0 Å². The number of carbonyl (C=O) groups excluding carboxylic acids is 2. The molecule has 0 saturated carbocycles. The van der Waals surface area contributed by atoms with E-state index in [1.54, 1.807) is 18.9 Å². The molecule has 5 nitrogen and oxygen atoms in total. The Hall–Kier alpha value is -1.10. The standard InChI is InChI=1S/C10H17N3O2/c1-7-9(14)12(2)10(15)13(7)6-8-4-3-5-11-8/h7-8,11H,3-6H2,1-2H3. The lowest BCUT2D eigenvalue weighted by molar-refractivity contribution is -0.127. The molecule has 2 rings (SSSR count). The highest BCUT2D eigenvalue weighted by Crippen LogP contribution is 2.17. The fourth-order valence-electron chi connectivity index (χ4n) is 2.25. The molecule has 0 spiro atoms. The molecule has 5 heteroatoms. The lowest BCUT2D eigenvalue weighted by atomic mass is 10.2. The molecule has 0 aliphatic carbocycles. The normalized spacial score (nSPS) is 31.9. The van der Waals surface area contributed by atoms with Crippen molar-refractivity contribution in [3.63, 3.8) is 0 Å². The van der Waals surface area contributed by atoms with E-state index >= 15 is 0 Å². The molecule has 2 saturated heterocycles. The topological polar surface area (TPSA) is 52.7 Å². The minimum absolute atomic E-state index is 0.0991. The first kappa shape index (κ1) is 10.4. The summed E-state index contributed by atoms with van der Waals surface area (Å²) in [5.41, 5.74) is 0. The van der Waals surface area contributed by atoms with Crippen molar-refractivity contribution in [3.8, 4) is 0 Å². The molecule has 1 N–H and O–H groups in total. The number of amides is 3. The van der Waals surface area contributed by atoms with Crippen LogP contribution in [0.3, 0.4) is 0 Å². The summed E-state index contributed by atoms with van der Waals surface area (Å²) in [6.45, 7) is 3.46. The van der Waals surface area contributed by atoms with Crippen molar-refractivity contribution in [1.82, 2.24) is 15.1 Å². The number of nitrogens with zero attached hydrogens (tertiary/aromatic N) is 2. The first-order valence-corrected chi connectivity index (χ1v) is 5.43. The summed E-state index contributed by atoms with van der Waals surface area (Å²) >= 11 is 0. The minimum atomic E-state index is -0.301. The van der Waals surface area contributed by atoms with Gasteiger partial charge >= 0.3 is 6.03 Å². The first-order chi connectivity index (χ1) is 7.11. The lowest BCUT2D eigenvalue weighted by Crippen LogP contribution is -2.42. The number of hydrogen-bond donors (Lipinski definition) is 1. The highest BCUT2D eigenvalue weighted by molar-refractivity contribution is 6.03. The minimum Gasteiger partial charge on any atom is -0.312 e. The van der Waals surface area contributed by atoms with Gasteiger partial charge in [-0.2, -0.15) is 0 Å². The van der Waals surface area contributed by atoms with E-state index in [4.69, 9.17) is 0 Å². The van der Waals surface area contributed by atoms with E-state index in [0.717, 1.165) is 19.4 Å². The molecule has 2 aliphatic rings.